The van der Waals surface area contributed by atoms with E-state index in [0.29, 0.717) is 18.6 Å². The van der Waals surface area contributed by atoms with Gasteiger partial charge in [0, 0.05) is 11.8 Å². The number of aliphatic hydroxyl groups excluding tert-OH is 1. The Bertz CT molecular complexity index is 363. The van der Waals surface area contributed by atoms with Gasteiger partial charge in [0.25, 0.3) is 0 Å². The highest BCUT2D eigenvalue weighted by atomic mass is 32.2. The Morgan fingerprint density at radius 3 is 2.71 bits per heavy atom. The van der Waals surface area contributed by atoms with Crippen molar-refractivity contribution in [2.75, 3.05) is 5.75 Å². The van der Waals surface area contributed by atoms with Gasteiger partial charge in [0.05, 0.1) is 11.9 Å². The summed E-state index contributed by atoms with van der Waals surface area (Å²) in [7, 11) is 0. The van der Waals surface area contributed by atoms with Crippen LogP contribution in [0.15, 0.2) is 30.3 Å². The zero-order valence-electron chi connectivity index (χ0n) is 9.63. The van der Waals surface area contributed by atoms with Gasteiger partial charge >= 0.3 is 0 Å². The molecular weight excluding hydrogens is 234 g/mol. The molecule has 0 aromatic heterocycles. The Hall–Kier alpha value is -1.00. The maximum atomic E-state index is 11.5. The summed E-state index contributed by atoms with van der Waals surface area (Å²) >= 11 is 1.62. The largest absolute Gasteiger partial charge is 0.393 e. The third kappa shape index (κ3) is 4.06. The summed E-state index contributed by atoms with van der Waals surface area (Å²) in [5.74, 6) is 1.42. The number of hydrogen-bond donors (Lipinski definition) is 2. The van der Waals surface area contributed by atoms with E-state index >= 15 is 0 Å². The normalized spacial score (nSPS) is 22.9. The molecule has 0 spiro atoms. The molecule has 0 bridgehead atoms. The van der Waals surface area contributed by atoms with Crippen LogP contribution in [-0.2, 0) is 10.5 Å². The average molecular weight is 251 g/mol. The van der Waals surface area contributed by atoms with Gasteiger partial charge in [0.1, 0.15) is 0 Å². The fourth-order valence-electron chi connectivity index (χ4n) is 1.81. The number of rotatable bonds is 5. The lowest BCUT2D eigenvalue weighted by atomic mass is 9.89. The van der Waals surface area contributed by atoms with Gasteiger partial charge in [0.2, 0.25) is 5.91 Å². The van der Waals surface area contributed by atoms with Gasteiger partial charge in [-0.2, -0.15) is 0 Å². The molecule has 1 fully saturated rings. The number of aliphatic hydroxyl groups is 1. The van der Waals surface area contributed by atoms with Crippen molar-refractivity contribution in [2.24, 2.45) is 0 Å². The summed E-state index contributed by atoms with van der Waals surface area (Å²) in [5.41, 5.74) is 1.24. The molecule has 0 aliphatic heterocycles. The van der Waals surface area contributed by atoms with E-state index in [2.05, 4.69) is 17.4 Å². The van der Waals surface area contributed by atoms with E-state index in [1.165, 1.54) is 5.56 Å². The molecule has 3 nitrogen and oxygen atoms in total. The van der Waals surface area contributed by atoms with Crippen LogP contribution >= 0.6 is 11.8 Å². The van der Waals surface area contributed by atoms with Crippen LogP contribution in [0.4, 0.5) is 0 Å². The van der Waals surface area contributed by atoms with E-state index in [4.69, 9.17) is 5.11 Å². The second-order valence-electron chi connectivity index (χ2n) is 4.37. The standard InChI is InChI=1S/C13H17NO2S/c15-12-6-11(7-12)14-13(16)9-17-8-10-4-2-1-3-5-10/h1-5,11-12,15H,6-9H2,(H,14,16). The fourth-order valence-corrected chi connectivity index (χ4v) is 2.61. The molecule has 0 radical (unpaired) electrons. The molecule has 4 heteroatoms. The van der Waals surface area contributed by atoms with Crippen LogP contribution in [0.5, 0.6) is 0 Å². The highest BCUT2D eigenvalue weighted by molar-refractivity contribution is 7.99. The summed E-state index contributed by atoms with van der Waals surface area (Å²) in [5, 5.41) is 12.0. The number of amides is 1. The molecule has 0 unspecified atom stereocenters. The number of benzene rings is 1. The lowest BCUT2D eigenvalue weighted by Crippen LogP contribution is -2.47. The van der Waals surface area contributed by atoms with Gasteiger partial charge in [-0.15, -0.1) is 11.8 Å². The van der Waals surface area contributed by atoms with E-state index in [1.54, 1.807) is 11.8 Å². The summed E-state index contributed by atoms with van der Waals surface area (Å²) in [6.07, 6.45) is 1.20. The maximum Gasteiger partial charge on any atom is 0.230 e. The fraction of sp³-hybridized carbons (Fsp3) is 0.462. The summed E-state index contributed by atoms with van der Waals surface area (Å²) < 4.78 is 0. The average Bonchev–Trinajstić information content (AvgIpc) is 2.28. The van der Waals surface area contributed by atoms with Crippen molar-refractivity contribution >= 4 is 17.7 Å². The molecule has 2 N–H and O–H groups in total. The van der Waals surface area contributed by atoms with E-state index in [-0.39, 0.29) is 18.1 Å². The Kier molecular flexibility index (Phi) is 4.45. The van der Waals surface area contributed by atoms with Crippen LogP contribution in [0, 0.1) is 0 Å². The van der Waals surface area contributed by atoms with Crippen LogP contribution in [-0.4, -0.2) is 28.9 Å². The van der Waals surface area contributed by atoms with E-state index < -0.39 is 0 Å². The monoisotopic (exact) mass is 251 g/mol. The second-order valence-corrected chi connectivity index (χ2v) is 5.35. The van der Waals surface area contributed by atoms with Crippen LogP contribution in [0.2, 0.25) is 0 Å². The quantitative estimate of drug-likeness (QED) is 0.835. The van der Waals surface area contributed by atoms with Gasteiger partial charge in [-0.3, -0.25) is 4.79 Å². The first kappa shape index (κ1) is 12.5. The summed E-state index contributed by atoms with van der Waals surface area (Å²) in [4.78, 5) is 11.5. The highest BCUT2D eigenvalue weighted by Crippen LogP contribution is 2.19. The third-order valence-corrected chi connectivity index (χ3v) is 3.83. The van der Waals surface area contributed by atoms with Crippen molar-refractivity contribution in [3.05, 3.63) is 35.9 Å². The van der Waals surface area contributed by atoms with Crippen molar-refractivity contribution in [1.82, 2.24) is 5.32 Å². The van der Waals surface area contributed by atoms with E-state index in [1.807, 2.05) is 18.2 Å². The lowest BCUT2D eigenvalue weighted by Gasteiger charge is -2.31. The molecule has 1 aromatic rings. The predicted octanol–water partition coefficient (Wildman–Crippen LogP) is 1.56. The molecule has 1 saturated carbocycles. The zero-order valence-corrected chi connectivity index (χ0v) is 10.5. The Balaban J connectivity index is 1.60. The number of carbonyl (C=O) groups excluding carboxylic acids is 1. The molecule has 0 saturated heterocycles. The van der Waals surface area contributed by atoms with Gasteiger partial charge in [-0.25, -0.2) is 0 Å². The van der Waals surface area contributed by atoms with Gasteiger partial charge in [-0.05, 0) is 18.4 Å². The van der Waals surface area contributed by atoms with Crippen LogP contribution < -0.4 is 5.32 Å². The van der Waals surface area contributed by atoms with Gasteiger partial charge in [0.15, 0.2) is 0 Å². The number of hydrogen-bond acceptors (Lipinski definition) is 3. The minimum Gasteiger partial charge on any atom is -0.393 e. The van der Waals surface area contributed by atoms with Crippen molar-refractivity contribution in [3.63, 3.8) is 0 Å². The molecule has 2 rings (SSSR count). The van der Waals surface area contributed by atoms with Crippen molar-refractivity contribution in [3.8, 4) is 0 Å². The molecule has 1 aliphatic carbocycles. The molecule has 1 aliphatic rings. The number of thioether (sulfide) groups is 1. The maximum absolute atomic E-state index is 11.5. The van der Waals surface area contributed by atoms with E-state index in [9.17, 15) is 4.79 Å². The molecule has 92 valence electrons. The molecule has 17 heavy (non-hydrogen) atoms. The molecule has 0 heterocycles. The van der Waals surface area contributed by atoms with Crippen molar-refractivity contribution in [1.29, 1.82) is 0 Å². The first-order chi connectivity index (χ1) is 8.24. The topological polar surface area (TPSA) is 49.3 Å². The predicted molar refractivity (Wildman–Crippen MR) is 69.8 cm³/mol. The lowest BCUT2D eigenvalue weighted by molar-refractivity contribution is -0.120. The smallest absolute Gasteiger partial charge is 0.230 e. The summed E-state index contributed by atoms with van der Waals surface area (Å²) in [6, 6.07) is 10.3. The van der Waals surface area contributed by atoms with Crippen LogP contribution in [0.25, 0.3) is 0 Å². The molecule has 1 aromatic carbocycles. The second kappa shape index (κ2) is 6.07. The van der Waals surface area contributed by atoms with Crippen LogP contribution in [0.3, 0.4) is 0 Å². The van der Waals surface area contributed by atoms with Crippen molar-refractivity contribution in [2.45, 2.75) is 30.7 Å². The van der Waals surface area contributed by atoms with Crippen LogP contribution in [0.1, 0.15) is 18.4 Å². The molecular formula is C13H17NO2S. The summed E-state index contributed by atoms with van der Waals surface area (Å²) in [6.45, 7) is 0. The van der Waals surface area contributed by atoms with Gasteiger partial charge in [-0.1, -0.05) is 30.3 Å². The van der Waals surface area contributed by atoms with Gasteiger partial charge < -0.3 is 10.4 Å². The minimum absolute atomic E-state index is 0.0721. The zero-order chi connectivity index (χ0) is 12.1. The third-order valence-electron chi connectivity index (χ3n) is 2.82. The SMILES string of the molecule is O=C(CSCc1ccccc1)NC1CC(O)C1. The number of carbonyl (C=O) groups is 1. The molecule has 1 amide bonds. The minimum atomic E-state index is -0.211. The van der Waals surface area contributed by atoms with Crippen molar-refractivity contribution < 1.29 is 9.90 Å². The van der Waals surface area contributed by atoms with E-state index in [0.717, 1.165) is 5.75 Å². The number of nitrogens with one attached hydrogen (secondary N) is 1. The Labute approximate surface area is 106 Å². The first-order valence-electron chi connectivity index (χ1n) is 5.83. The first-order valence-corrected chi connectivity index (χ1v) is 6.98. The Morgan fingerprint density at radius 1 is 1.35 bits per heavy atom. The molecule has 0 atom stereocenters. The highest BCUT2D eigenvalue weighted by Gasteiger charge is 2.27. The Morgan fingerprint density at radius 2 is 2.06 bits per heavy atom.